The van der Waals surface area contributed by atoms with E-state index in [1.165, 1.54) is 24.0 Å². The lowest BCUT2D eigenvalue weighted by molar-refractivity contribution is -0.0271. The molecule has 1 saturated heterocycles. The maximum atomic E-state index is 10.7. The van der Waals surface area contributed by atoms with Gasteiger partial charge in [0.2, 0.25) is 0 Å². The van der Waals surface area contributed by atoms with E-state index in [-0.39, 0.29) is 0 Å². The third-order valence-corrected chi connectivity index (χ3v) is 6.10. The first-order valence-corrected chi connectivity index (χ1v) is 9.49. The van der Waals surface area contributed by atoms with Crippen LogP contribution in [0.2, 0.25) is 0 Å². The second-order valence-corrected chi connectivity index (χ2v) is 7.80. The highest BCUT2D eigenvalue weighted by atomic mass is 32.1. The fraction of sp³-hybridized carbons (Fsp3) is 0.647. The molecule has 0 spiro atoms. The minimum Gasteiger partial charge on any atom is -0.389 e. The molecule has 0 radical (unpaired) electrons. The van der Waals surface area contributed by atoms with Gasteiger partial charge in [0.15, 0.2) is 0 Å². The van der Waals surface area contributed by atoms with Crippen molar-refractivity contribution in [1.29, 1.82) is 0 Å². The second-order valence-electron chi connectivity index (χ2n) is 6.88. The van der Waals surface area contributed by atoms with Crippen molar-refractivity contribution in [2.24, 2.45) is 0 Å². The fourth-order valence-electron chi connectivity index (χ4n) is 3.90. The summed E-state index contributed by atoms with van der Waals surface area (Å²) in [4.78, 5) is 13.6. The van der Waals surface area contributed by atoms with Gasteiger partial charge in [-0.2, -0.15) is 0 Å². The van der Waals surface area contributed by atoms with Crippen LogP contribution in [0.4, 0.5) is 5.82 Å². The number of piperazine rings is 1. The maximum Gasteiger partial charge on any atom is 0.150 e. The summed E-state index contributed by atoms with van der Waals surface area (Å²) in [6.07, 6.45) is 7.23. The van der Waals surface area contributed by atoms with Crippen LogP contribution >= 0.6 is 11.3 Å². The van der Waals surface area contributed by atoms with Gasteiger partial charge in [0.25, 0.3) is 0 Å². The van der Waals surface area contributed by atoms with Crippen LogP contribution in [0.25, 0.3) is 10.2 Å². The number of aromatic nitrogens is 2. The number of nitrogens with zero attached hydrogens (tertiary/aromatic N) is 4. The Kier molecular flexibility index (Phi) is 4.22. The van der Waals surface area contributed by atoms with Crippen LogP contribution in [-0.4, -0.2) is 58.3 Å². The molecule has 2 fully saturated rings. The van der Waals surface area contributed by atoms with Crippen molar-refractivity contribution in [3.8, 4) is 0 Å². The topological polar surface area (TPSA) is 52.5 Å². The van der Waals surface area contributed by atoms with Crippen LogP contribution in [0, 0.1) is 0 Å². The maximum absolute atomic E-state index is 10.7. The summed E-state index contributed by atoms with van der Waals surface area (Å²) in [5.74, 6) is 1.07. The third-order valence-electron chi connectivity index (χ3n) is 5.20. The largest absolute Gasteiger partial charge is 0.389 e. The van der Waals surface area contributed by atoms with Gasteiger partial charge in [-0.25, -0.2) is 9.97 Å². The van der Waals surface area contributed by atoms with Crippen molar-refractivity contribution < 1.29 is 5.11 Å². The van der Waals surface area contributed by atoms with E-state index < -0.39 is 5.60 Å². The summed E-state index contributed by atoms with van der Waals surface area (Å²) in [5, 5.41) is 12.8. The molecule has 23 heavy (non-hydrogen) atoms. The molecule has 6 heteroatoms. The molecule has 2 aliphatic rings. The molecule has 0 amide bonds. The fourth-order valence-corrected chi connectivity index (χ4v) is 4.76. The van der Waals surface area contributed by atoms with Crippen LogP contribution in [0.5, 0.6) is 0 Å². The molecule has 4 rings (SSSR count). The molecule has 2 aromatic heterocycles. The standard InChI is InChI=1S/C17H24N4OS/c22-17(5-2-1-3-6-17)12-20-7-9-21(10-8-20)16-15-14(4-11-23-15)18-13-19-16/h4,11,13,22H,1-3,5-10,12H2. The number of aliphatic hydroxyl groups is 1. The Morgan fingerprint density at radius 3 is 2.65 bits per heavy atom. The first kappa shape index (κ1) is 15.3. The van der Waals surface area contributed by atoms with Gasteiger partial charge in [-0.05, 0) is 24.3 Å². The molecular formula is C17H24N4OS. The van der Waals surface area contributed by atoms with E-state index in [9.17, 15) is 5.11 Å². The Morgan fingerprint density at radius 2 is 1.87 bits per heavy atom. The zero-order valence-electron chi connectivity index (χ0n) is 13.4. The smallest absolute Gasteiger partial charge is 0.150 e. The Morgan fingerprint density at radius 1 is 1.09 bits per heavy atom. The number of hydrogen-bond acceptors (Lipinski definition) is 6. The average molecular weight is 332 g/mol. The van der Waals surface area contributed by atoms with Gasteiger partial charge in [-0.1, -0.05) is 19.3 Å². The lowest BCUT2D eigenvalue weighted by Crippen LogP contribution is -2.52. The quantitative estimate of drug-likeness (QED) is 0.936. The second kappa shape index (κ2) is 6.34. The van der Waals surface area contributed by atoms with Crippen LogP contribution < -0.4 is 4.90 Å². The van der Waals surface area contributed by atoms with Crippen molar-refractivity contribution in [2.75, 3.05) is 37.6 Å². The molecule has 5 nitrogen and oxygen atoms in total. The Hall–Kier alpha value is -1.24. The van der Waals surface area contributed by atoms with Gasteiger partial charge in [0.05, 0.1) is 15.8 Å². The number of anilines is 1. The Labute approximate surface area is 141 Å². The average Bonchev–Trinajstić information content (AvgIpc) is 3.04. The van der Waals surface area contributed by atoms with Crippen molar-refractivity contribution in [2.45, 2.75) is 37.7 Å². The Balaban J connectivity index is 1.40. The highest BCUT2D eigenvalue weighted by Gasteiger charge is 2.32. The first-order chi connectivity index (χ1) is 11.2. The van der Waals surface area contributed by atoms with E-state index in [1.807, 2.05) is 0 Å². The Bertz CT molecular complexity index is 659. The predicted molar refractivity (Wildman–Crippen MR) is 94.1 cm³/mol. The molecule has 0 unspecified atom stereocenters. The molecule has 2 aromatic rings. The SMILES string of the molecule is OC1(CN2CCN(c3ncnc4ccsc34)CC2)CCCCC1. The van der Waals surface area contributed by atoms with Crippen molar-refractivity contribution >= 4 is 27.4 Å². The monoisotopic (exact) mass is 332 g/mol. The summed E-state index contributed by atoms with van der Waals surface area (Å²) in [7, 11) is 0. The third kappa shape index (κ3) is 3.20. The summed E-state index contributed by atoms with van der Waals surface area (Å²) in [6.45, 7) is 4.78. The minimum atomic E-state index is -0.448. The highest BCUT2D eigenvalue weighted by molar-refractivity contribution is 7.17. The van der Waals surface area contributed by atoms with Gasteiger partial charge in [-0.3, -0.25) is 4.90 Å². The van der Waals surface area contributed by atoms with E-state index in [0.29, 0.717) is 0 Å². The van der Waals surface area contributed by atoms with E-state index >= 15 is 0 Å². The number of rotatable bonds is 3. The van der Waals surface area contributed by atoms with E-state index in [2.05, 4.69) is 31.2 Å². The van der Waals surface area contributed by atoms with Crippen LogP contribution in [0.15, 0.2) is 17.8 Å². The number of fused-ring (bicyclic) bond motifs is 1. The lowest BCUT2D eigenvalue weighted by Gasteiger charge is -2.41. The van der Waals surface area contributed by atoms with Gasteiger partial charge >= 0.3 is 0 Å². The molecular weight excluding hydrogens is 308 g/mol. The number of thiophene rings is 1. The normalized spacial score (nSPS) is 22.6. The number of β-amino-alcohol motifs (C(OH)–C–C–N with tert-alkyl or cyclic N) is 1. The van der Waals surface area contributed by atoms with Gasteiger partial charge < -0.3 is 10.0 Å². The van der Waals surface area contributed by atoms with Crippen LogP contribution in [-0.2, 0) is 0 Å². The molecule has 0 atom stereocenters. The van der Waals surface area contributed by atoms with E-state index in [4.69, 9.17) is 0 Å². The lowest BCUT2D eigenvalue weighted by atomic mass is 9.84. The molecule has 1 aliphatic carbocycles. The van der Waals surface area contributed by atoms with Crippen molar-refractivity contribution in [3.63, 3.8) is 0 Å². The summed E-state index contributed by atoms with van der Waals surface area (Å²) in [6, 6.07) is 2.06. The molecule has 1 aliphatic heterocycles. The number of hydrogen-bond donors (Lipinski definition) is 1. The summed E-state index contributed by atoms with van der Waals surface area (Å²) >= 11 is 1.72. The van der Waals surface area contributed by atoms with Crippen molar-refractivity contribution in [1.82, 2.24) is 14.9 Å². The first-order valence-electron chi connectivity index (χ1n) is 8.61. The molecule has 3 heterocycles. The highest BCUT2D eigenvalue weighted by Crippen LogP contribution is 2.31. The molecule has 0 bridgehead atoms. The minimum absolute atomic E-state index is 0.448. The molecule has 124 valence electrons. The van der Waals surface area contributed by atoms with Gasteiger partial charge in [0, 0.05) is 32.7 Å². The summed E-state index contributed by atoms with van der Waals surface area (Å²) in [5.41, 5.74) is 0.593. The molecule has 1 saturated carbocycles. The molecule has 1 N–H and O–H groups in total. The van der Waals surface area contributed by atoms with E-state index in [1.54, 1.807) is 17.7 Å². The molecule has 0 aromatic carbocycles. The summed E-state index contributed by atoms with van der Waals surface area (Å²) < 4.78 is 1.19. The van der Waals surface area contributed by atoms with E-state index in [0.717, 1.165) is 56.9 Å². The van der Waals surface area contributed by atoms with Crippen LogP contribution in [0.1, 0.15) is 32.1 Å². The van der Waals surface area contributed by atoms with Crippen LogP contribution in [0.3, 0.4) is 0 Å². The van der Waals surface area contributed by atoms with Gasteiger partial charge in [-0.15, -0.1) is 11.3 Å². The van der Waals surface area contributed by atoms with Gasteiger partial charge in [0.1, 0.15) is 12.1 Å². The van der Waals surface area contributed by atoms with Crippen molar-refractivity contribution in [3.05, 3.63) is 17.8 Å². The zero-order chi connectivity index (χ0) is 15.7. The zero-order valence-corrected chi connectivity index (χ0v) is 14.3. The predicted octanol–water partition coefficient (Wildman–Crippen LogP) is 2.51.